The number of amides is 2. The zero-order valence-corrected chi connectivity index (χ0v) is 13.5. The molecule has 0 aliphatic carbocycles. The number of rotatable bonds is 3. The smallest absolute Gasteiger partial charge is 0.261 e. The molecule has 1 atom stereocenters. The SMILES string of the molecule is O=C1c2ccccc2C(=O)N1CC1CN(c2ccc(Cl)cc2)NN1. The van der Waals surface area contributed by atoms with Gasteiger partial charge in [0.05, 0.1) is 29.4 Å². The van der Waals surface area contributed by atoms with Crippen LogP contribution in [0.25, 0.3) is 0 Å². The van der Waals surface area contributed by atoms with Gasteiger partial charge in [-0.2, -0.15) is 5.53 Å². The van der Waals surface area contributed by atoms with Gasteiger partial charge in [0.2, 0.25) is 0 Å². The number of carbonyl (C=O) groups is 2. The van der Waals surface area contributed by atoms with Crippen LogP contribution in [-0.4, -0.2) is 35.8 Å². The van der Waals surface area contributed by atoms with Crippen LogP contribution < -0.4 is 16.0 Å². The maximum absolute atomic E-state index is 12.4. The van der Waals surface area contributed by atoms with Crippen LogP contribution in [0.2, 0.25) is 5.02 Å². The van der Waals surface area contributed by atoms with Crippen molar-refractivity contribution in [3.8, 4) is 0 Å². The Morgan fingerprint density at radius 1 is 1.00 bits per heavy atom. The first-order valence-corrected chi connectivity index (χ1v) is 8.01. The Morgan fingerprint density at radius 2 is 1.62 bits per heavy atom. The van der Waals surface area contributed by atoms with Gasteiger partial charge in [-0.15, -0.1) is 0 Å². The number of hydrazine groups is 2. The molecule has 1 saturated heterocycles. The van der Waals surface area contributed by atoms with E-state index in [1.807, 2.05) is 29.3 Å². The molecule has 24 heavy (non-hydrogen) atoms. The molecule has 6 nitrogen and oxygen atoms in total. The highest BCUT2D eigenvalue weighted by Gasteiger charge is 2.37. The third-order valence-electron chi connectivity index (χ3n) is 4.23. The van der Waals surface area contributed by atoms with E-state index in [2.05, 4.69) is 11.0 Å². The summed E-state index contributed by atoms with van der Waals surface area (Å²) in [7, 11) is 0. The van der Waals surface area contributed by atoms with Crippen LogP contribution in [0, 0.1) is 0 Å². The number of imide groups is 1. The van der Waals surface area contributed by atoms with Gasteiger partial charge >= 0.3 is 0 Å². The first-order chi connectivity index (χ1) is 11.6. The average molecular weight is 343 g/mol. The number of hydrogen-bond acceptors (Lipinski definition) is 5. The molecule has 122 valence electrons. The third-order valence-corrected chi connectivity index (χ3v) is 4.48. The van der Waals surface area contributed by atoms with Gasteiger partial charge in [-0.1, -0.05) is 23.7 Å². The highest BCUT2D eigenvalue weighted by Crippen LogP contribution is 2.23. The van der Waals surface area contributed by atoms with E-state index in [0.29, 0.717) is 29.2 Å². The number of nitrogens with zero attached hydrogens (tertiary/aromatic N) is 2. The number of hydrogen-bond donors (Lipinski definition) is 2. The van der Waals surface area contributed by atoms with Crippen LogP contribution >= 0.6 is 11.6 Å². The molecular weight excluding hydrogens is 328 g/mol. The van der Waals surface area contributed by atoms with Gasteiger partial charge < -0.3 is 0 Å². The maximum atomic E-state index is 12.4. The molecule has 1 fully saturated rings. The molecule has 0 radical (unpaired) electrons. The van der Waals surface area contributed by atoms with E-state index < -0.39 is 0 Å². The molecule has 7 heteroatoms. The van der Waals surface area contributed by atoms with Crippen molar-refractivity contribution in [2.45, 2.75) is 6.04 Å². The summed E-state index contributed by atoms with van der Waals surface area (Å²) in [5.74, 6) is -0.468. The van der Waals surface area contributed by atoms with E-state index >= 15 is 0 Å². The van der Waals surface area contributed by atoms with E-state index in [9.17, 15) is 9.59 Å². The number of anilines is 1. The Hall–Kier alpha value is -2.41. The number of fused-ring (bicyclic) bond motifs is 1. The van der Waals surface area contributed by atoms with E-state index in [4.69, 9.17) is 11.6 Å². The zero-order valence-electron chi connectivity index (χ0n) is 12.7. The minimum absolute atomic E-state index is 0.0668. The van der Waals surface area contributed by atoms with Gasteiger partial charge in [0, 0.05) is 11.6 Å². The largest absolute Gasteiger partial charge is 0.293 e. The van der Waals surface area contributed by atoms with Gasteiger partial charge in [-0.3, -0.25) is 19.5 Å². The number of carbonyl (C=O) groups excluding carboxylic acids is 2. The van der Waals surface area contributed by atoms with Crippen LogP contribution in [0.5, 0.6) is 0 Å². The van der Waals surface area contributed by atoms with Gasteiger partial charge in [0.25, 0.3) is 11.8 Å². The molecule has 2 aromatic rings. The van der Waals surface area contributed by atoms with Crippen LogP contribution in [0.1, 0.15) is 20.7 Å². The Morgan fingerprint density at radius 3 is 2.25 bits per heavy atom. The van der Waals surface area contributed by atoms with E-state index in [0.717, 1.165) is 5.69 Å². The molecule has 2 aliphatic heterocycles. The normalized spacial score (nSPS) is 20.0. The topological polar surface area (TPSA) is 64.7 Å². The second-order valence-corrected chi connectivity index (χ2v) is 6.24. The van der Waals surface area contributed by atoms with Crippen LogP contribution in [0.3, 0.4) is 0 Å². The van der Waals surface area contributed by atoms with Crippen molar-refractivity contribution >= 4 is 29.1 Å². The number of halogens is 1. The molecule has 4 rings (SSSR count). The molecule has 1 unspecified atom stereocenters. The van der Waals surface area contributed by atoms with Crippen LogP contribution in [-0.2, 0) is 0 Å². The summed E-state index contributed by atoms with van der Waals surface area (Å²) >= 11 is 5.90. The molecule has 2 amide bonds. The summed E-state index contributed by atoms with van der Waals surface area (Å²) < 4.78 is 0. The molecule has 2 aliphatic rings. The summed E-state index contributed by atoms with van der Waals surface area (Å²) in [5.41, 5.74) is 8.07. The molecule has 0 bridgehead atoms. The number of nitrogens with one attached hydrogen (secondary N) is 2. The Kier molecular flexibility index (Phi) is 3.72. The monoisotopic (exact) mass is 342 g/mol. The average Bonchev–Trinajstić information content (AvgIpc) is 3.16. The van der Waals surface area contributed by atoms with E-state index in [1.165, 1.54) is 4.90 Å². The highest BCUT2D eigenvalue weighted by atomic mass is 35.5. The van der Waals surface area contributed by atoms with Crippen molar-refractivity contribution in [1.82, 2.24) is 15.9 Å². The fourth-order valence-electron chi connectivity index (χ4n) is 3.00. The maximum Gasteiger partial charge on any atom is 0.261 e. The predicted octanol–water partition coefficient (Wildman–Crippen LogP) is 1.83. The van der Waals surface area contributed by atoms with E-state index in [1.54, 1.807) is 24.3 Å². The van der Waals surface area contributed by atoms with Crippen molar-refractivity contribution in [2.24, 2.45) is 0 Å². The minimum atomic E-state index is -0.234. The lowest BCUT2D eigenvalue weighted by atomic mass is 10.1. The lowest BCUT2D eigenvalue weighted by molar-refractivity contribution is 0.0642. The third kappa shape index (κ3) is 2.54. The molecule has 2 N–H and O–H groups in total. The van der Waals surface area contributed by atoms with Crippen molar-refractivity contribution in [2.75, 3.05) is 18.1 Å². The standard InChI is InChI=1S/C17H15ClN4O2/c18-11-5-7-13(8-6-11)22-10-12(19-20-22)9-21-16(23)14-3-1-2-4-15(14)17(21)24/h1-8,12,19-20H,9-10H2. The van der Waals surface area contributed by atoms with Gasteiger partial charge in [0.15, 0.2) is 0 Å². The van der Waals surface area contributed by atoms with E-state index in [-0.39, 0.29) is 17.9 Å². The first-order valence-electron chi connectivity index (χ1n) is 7.63. The van der Waals surface area contributed by atoms with Crippen molar-refractivity contribution in [3.05, 3.63) is 64.7 Å². The van der Waals surface area contributed by atoms with Crippen LogP contribution in [0.15, 0.2) is 48.5 Å². The second-order valence-electron chi connectivity index (χ2n) is 5.81. The lowest BCUT2D eigenvalue weighted by Gasteiger charge is -2.19. The van der Waals surface area contributed by atoms with Crippen molar-refractivity contribution < 1.29 is 9.59 Å². The van der Waals surface area contributed by atoms with Gasteiger partial charge in [-0.25, -0.2) is 5.43 Å². The second kappa shape index (κ2) is 5.90. The van der Waals surface area contributed by atoms with Gasteiger partial charge in [0.1, 0.15) is 0 Å². The Labute approximate surface area is 143 Å². The summed E-state index contributed by atoms with van der Waals surface area (Å²) in [4.78, 5) is 26.1. The predicted molar refractivity (Wildman–Crippen MR) is 90.7 cm³/mol. The van der Waals surface area contributed by atoms with Crippen molar-refractivity contribution in [1.29, 1.82) is 0 Å². The summed E-state index contributed by atoms with van der Waals surface area (Å²) in [5, 5.41) is 2.59. The Balaban J connectivity index is 1.45. The molecular formula is C17H15ClN4O2. The highest BCUT2D eigenvalue weighted by molar-refractivity contribution is 6.30. The molecule has 0 aromatic heterocycles. The zero-order chi connectivity index (χ0) is 16.7. The molecule has 0 saturated carbocycles. The lowest BCUT2D eigenvalue weighted by Crippen LogP contribution is -2.43. The Bertz CT molecular complexity index is 773. The molecule has 2 aromatic carbocycles. The summed E-state index contributed by atoms with van der Waals surface area (Å²) in [6.45, 7) is 0.929. The molecule has 2 heterocycles. The van der Waals surface area contributed by atoms with Gasteiger partial charge in [-0.05, 0) is 36.4 Å². The molecule has 0 spiro atoms. The van der Waals surface area contributed by atoms with Crippen molar-refractivity contribution in [3.63, 3.8) is 0 Å². The summed E-state index contributed by atoms with van der Waals surface area (Å²) in [6.07, 6.45) is 0. The number of benzene rings is 2. The van der Waals surface area contributed by atoms with Crippen LogP contribution in [0.4, 0.5) is 5.69 Å². The fraction of sp³-hybridized carbons (Fsp3) is 0.176. The minimum Gasteiger partial charge on any atom is -0.293 e. The quantitative estimate of drug-likeness (QED) is 0.833. The summed E-state index contributed by atoms with van der Waals surface area (Å²) in [6, 6.07) is 14.3. The fourth-order valence-corrected chi connectivity index (χ4v) is 3.13. The first kappa shape index (κ1) is 15.1.